The Labute approximate surface area is 116 Å². The van der Waals surface area contributed by atoms with Crippen molar-refractivity contribution in [2.75, 3.05) is 0 Å². The third-order valence-corrected chi connectivity index (χ3v) is 2.87. The van der Waals surface area contributed by atoms with Crippen molar-refractivity contribution < 1.29 is 13.5 Å². The summed E-state index contributed by atoms with van der Waals surface area (Å²) >= 11 is 5.90. The molecule has 3 aromatic rings. The molecule has 0 N–H and O–H groups in total. The average molecular weight is 297 g/mol. The molecule has 0 spiro atoms. The highest BCUT2D eigenvalue weighted by molar-refractivity contribution is 6.32. The molecule has 1 aromatic carbocycles. The number of rotatable bonds is 3. The van der Waals surface area contributed by atoms with Crippen molar-refractivity contribution in [3.63, 3.8) is 0 Å². The smallest absolute Gasteiger partial charge is 0.387 e. The number of alkyl halides is 2. The molecule has 0 amide bonds. The second-order valence-electron chi connectivity index (χ2n) is 3.84. The van der Waals surface area contributed by atoms with Crippen molar-refractivity contribution in [1.82, 2.24) is 19.6 Å². The Morgan fingerprint density at radius 2 is 2.10 bits per heavy atom. The maximum Gasteiger partial charge on any atom is 0.387 e. The predicted molar refractivity (Wildman–Crippen MR) is 67.9 cm³/mol. The van der Waals surface area contributed by atoms with Crippen LogP contribution in [-0.4, -0.2) is 26.2 Å². The molecule has 0 bridgehead atoms. The molecule has 0 unspecified atom stereocenters. The van der Waals surface area contributed by atoms with Gasteiger partial charge in [-0.2, -0.15) is 8.78 Å². The summed E-state index contributed by atoms with van der Waals surface area (Å²) in [5.41, 5.74) is 0.974. The van der Waals surface area contributed by atoms with Gasteiger partial charge in [0, 0.05) is 18.0 Å². The summed E-state index contributed by atoms with van der Waals surface area (Å²) in [4.78, 5) is 3.89. The highest BCUT2D eigenvalue weighted by atomic mass is 35.5. The van der Waals surface area contributed by atoms with Gasteiger partial charge in [-0.25, -0.2) is 4.98 Å². The number of benzene rings is 1. The molecule has 0 aliphatic heterocycles. The zero-order chi connectivity index (χ0) is 14.1. The van der Waals surface area contributed by atoms with Crippen LogP contribution in [0, 0.1) is 0 Å². The molecule has 0 saturated carbocycles. The third kappa shape index (κ3) is 2.27. The van der Waals surface area contributed by atoms with Crippen molar-refractivity contribution in [1.29, 1.82) is 0 Å². The fourth-order valence-electron chi connectivity index (χ4n) is 1.80. The van der Waals surface area contributed by atoms with Crippen molar-refractivity contribution in [2.45, 2.75) is 6.61 Å². The van der Waals surface area contributed by atoms with Crippen LogP contribution in [-0.2, 0) is 0 Å². The second-order valence-corrected chi connectivity index (χ2v) is 4.20. The number of fused-ring (bicyclic) bond motifs is 1. The second kappa shape index (κ2) is 5.01. The van der Waals surface area contributed by atoms with Gasteiger partial charge in [0.2, 0.25) is 0 Å². The number of ether oxygens (including phenoxy) is 1. The van der Waals surface area contributed by atoms with Gasteiger partial charge < -0.3 is 4.74 Å². The van der Waals surface area contributed by atoms with Crippen molar-refractivity contribution >= 4 is 17.2 Å². The zero-order valence-electron chi connectivity index (χ0n) is 9.87. The highest BCUT2D eigenvalue weighted by Crippen LogP contribution is 2.25. The van der Waals surface area contributed by atoms with E-state index in [2.05, 4.69) is 19.9 Å². The Morgan fingerprint density at radius 3 is 2.90 bits per heavy atom. The Kier molecular flexibility index (Phi) is 3.19. The molecule has 0 atom stereocenters. The van der Waals surface area contributed by atoms with E-state index in [1.165, 1.54) is 18.3 Å². The monoisotopic (exact) mass is 296 g/mol. The predicted octanol–water partition coefficient (Wildman–Crippen LogP) is 3.05. The molecule has 102 valence electrons. The van der Waals surface area contributed by atoms with Crippen LogP contribution in [0.4, 0.5) is 8.78 Å². The molecule has 20 heavy (non-hydrogen) atoms. The first-order valence-electron chi connectivity index (χ1n) is 5.55. The van der Waals surface area contributed by atoms with Crippen molar-refractivity contribution in [3.05, 3.63) is 41.8 Å². The minimum Gasteiger partial charge on any atom is -0.435 e. The third-order valence-electron chi connectivity index (χ3n) is 2.60. The van der Waals surface area contributed by atoms with E-state index in [9.17, 15) is 8.78 Å². The molecule has 0 fully saturated rings. The minimum atomic E-state index is -2.88. The summed E-state index contributed by atoms with van der Waals surface area (Å²) in [6.07, 6.45) is 3.14. The first-order valence-corrected chi connectivity index (χ1v) is 5.93. The van der Waals surface area contributed by atoms with Gasteiger partial charge in [-0.05, 0) is 12.1 Å². The summed E-state index contributed by atoms with van der Waals surface area (Å²) in [6, 6.07) is 6.20. The summed E-state index contributed by atoms with van der Waals surface area (Å²) < 4.78 is 30.4. The minimum absolute atomic E-state index is 0.0504. The first-order chi connectivity index (χ1) is 9.65. The number of hydrogen-bond acceptors (Lipinski definition) is 4. The van der Waals surface area contributed by atoms with Crippen LogP contribution in [0.15, 0.2) is 36.7 Å². The SMILES string of the molecule is FC(F)Oc1cccc(-c2nnc3c(Cl)nccn23)c1. The standard InChI is InChI=1S/C12H7ClF2N4O/c13-9-11-18-17-10(19(11)5-4-16-9)7-2-1-3-8(6-7)20-12(14)15/h1-6,12H. The molecule has 0 saturated heterocycles. The van der Waals surface area contributed by atoms with Gasteiger partial charge in [0.05, 0.1) is 0 Å². The topological polar surface area (TPSA) is 52.3 Å². The Morgan fingerprint density at radius 1 is 1.25 bits per heavy atom. The molecular weight excluding hydrogens is 290 g/mol. The fraction of sp³-hybridized carbons (Fsp3) is 0.0833. The van der Waals surface area contributed by atoms with E-state index in [0.29, 0.717) is 17.0 Å². The lowest BCUT2D eigenvalue weighted by atomic mass is 10.2. The van der Waals surface area contributed by atoms with Gasteiger partial charge in [0.15, 0.2) is 16.6 Å². The van der Waals surface area contributed by atoms with E-state index in [-0.39, 0.29) is 10.9 Å². The number of halogens is 3. The van der Waals surface area contributed by atoms with Gasteiger partial charge in [0.25, 0.3) is 0 Å². The summed E-state index contributed by atoms with van der Waals surface area (Å²) in [6.45, 7) is -2.88. The average Bonchev–Trinajstić information content (AvgIpc) is 2.83. The lowest BCUT2D eigenvalue weighted by Gasteiger charge is -2.06. The Balaban J connectivity index is 2.09. The van der Waals surface area contributed by atoms with E-state index in [1.54, 1.807) is 22.7 Å². The lowest BCUT2D eigenvalue weighted by Crippen LogP contribution is -2.01. The molecule has 0 aliphatic carbocycles. The van der Waals surface area contributed by atoms with E-state index in [4.69, 9.17) is 11.6 Å². The largest absolute Gasteiger partial charge is 0.435 e. The van der Waals surface area contributed by atoms with Crippen LogP contribution < -0.4 is 4.74 Å². The number of hydrogen-bond donors (Lipinski definition) is 0. The van der Waals surface area contributed by atoms with Gasteiger partial charge >= 0.3 is 6.61 Å². The molecule has 5 nitrogen and oxygen atoms in total. The van der Waals surface area contributed by atoms with E-state index in [0.717, 1.165) is 0 Å². The number of nitrogens with zero attached hydrogens (tertiary/aromatic N) is 4. The summed E-state index contributed by atoms with van der Waals surface area (Å²) in [5.74, 6) is 0.512. The molecule has 3 rings (SSSR count). The van der Waals surface area contributed by atoms with Gasteiger partial charge in [0.1, 0.15) is 5.75 Å². The Bertz CT molecular complexity index is 762. The van der Waals surface area contributed by atoms with Gasteiger partial charge in [-0.1, -0.05) is 23.7 Å². The number of aromatic nitrogens is 4. The first kappa shape index (κ1) is 12.7. The van der Waals surface area contributed by atoms with Crippen LogP contribution in [0.1, 0.15) is 0 Å². The van der Waals surface area contributed by atoms with Crippen LogP contribution in [0.3, 0.4) is 0 Å². The normalized spacial score (nSPS) is 11.2. The van der Waals surface area contributed by atoms with Crippen LogP contribution in [0.25, 0.3) is 17.0 Å². The molecule has 2 heterocycles. The van der Waals surface area contributed by atoms with Crippen LogP contribution in [0.5, 0.6) is 5.75 Å². The van der Waals surface area contributed by atoms with E-state index in [1.807, 2.05) is 0 Å². The highest BCUT2D eigenvalue weighted by Gasteiger charge is 2.12. The van der Waals surface area contributed by atoms with E-state index >= 15 is 0 Å². The molecular formula is C12H7ClF2N4O. The molecule has 8 heteroatoms. The van der Waals surface area contributed by atoms with Crippen LogP contribution >= 0.6 is 11.6 Å². The van der Waals surface area contributed by atoms with Gasteiger partial charge in [-0.3, -0.25) is 4.40 Å². The quantitative estimate of drug-likeness (QED) is 0.745. The van der Waals surface area contributed by atoms with Crippen LogP contribution in [0.2, 0.25) is 5.15 Å². The summed E-state index contributed by atoms with van der Waals surface area (Å²) in [7, 11) is 0. The lowest BCUT2D eigenvalue weighted by molar-refractivity contribution is -0.0498. The maximum absolute atomic E-state index is 12.2. The Hall–Kier alpha value is -2.28. The zero-order valence-corrected chi connectivity index (χ0v) is 10.6. The molecule has 0 radical (unpaired) electrons. The van der Waals surface area contributed by atoms with Gasteiger partial charge in [-0.15, -0.1) is 10.2 Å². The molecule has 0 aliphatic rings. The van der Waals surface area contributed by atoms with Crippen molar-refractivity contribution in [3.8, 4) is 17.1 Å². The fourth-order valence-corrected chi connectivity index (χ4v) is 1.99. The van der Waals surface area contributed by atoms with E-state index < -0.39 is 6.61 Å². The maximum atomic E-state index is 12.2. The van der Waals surface area contributed by atoms with Crippen molar-refractivity contribution in [2.24, 2.45) is 0 Å². The summed E-state index contributed by atoms with van der Waals surface area (Å²) in [5, 5.41) is 8.12. The molecule has 2 aromatic heterocycles.